The maximum atomic E-state index is 12.9. The first-order valence-corrected chi connectivity index (χ1v) is 10.3. The van der Waals surface area contributed by atoms with Crippen molar-refractivity contribution in [2.24, 2.45) is 0 Å². The number of carbonyl (C=O) groups is 4. The zero-order valence-corrected chi connectivity index (χ0v) is 16.7. The summed E-state index contributed by atoms with van der Waals surface area (Å²) in [5.74, 6) is -1.13. The molecule has 3 aliphatic heterocycles. The zero-order chi connectivity index (χ0) is 21.5. The van der Waals surface area contributed by atoms with E-state index in [9.17, 15) is 19.2 Å². The number of benzene rings is 1. The molecule has 1 aromatic heterocycles. The predicted molar refractivity (Wildman–Crippen MR) is 106 cm³/mol. The molecule has 0 bridgehead atoms. The number of aromatic nitrogens is 1. The minimum absolute atomic E-state index is 0.0105. The average Bonchev–Trinajstić information content (AvgIpc) is 3.37. The van der Waals surface area contributed by atoms with E-state index in [1.807, 2.05) is 12.1 Å². The Balaban J connectivity index is 1.27. The zero-order valence-electron chi connectivity index (χ0n) is 16.7. The molecule has 4 heterocycles. The van der Waals surface area contributed by atoms with Crippen molar-refractivity contribution in [3.63, 3.8) is 0 Å². The number of piperidine rings is 1. The molecule has 1 N–H and O–H groups in total. The summed E-state index contributed by atoms with van der Waals surface area (Å²) < 4.78 is 4.94. The second kappa shape index (κ2) is 7.62. The highest BCUT2D eigenvalue weighted by molar-refractivity contribution is 6.22. The van der Waals surface area contributed by atoms with Crippen molar-refractivity contribution in [3.05, 3.63) is 52.9 Å². The van der Waals surface area contributed by atoms with Crippen molar-refractivity contribution in [1.29, 1.82) is 0 Å². The summed E-state index contributed by atoms with van der Waals surface area (Å²) in [6, 6.07) is 6.36. The second-order valence-corrected chi connectivity index (χ2v) is 8.00. The van der Waals surface area contributed by atoms with E-state index in [1.165, 1.54) is 0 Å². The molecule has 0 atom stereocenters. The molecule has 5 amide bonds. The standard InChI is InChI=1S/C21H21N5O5/c27-18-5-9-25(21(30)22-18)26-19(28)15-2-1-13(11-16(15)20(26)29)12-24-7-3-14(4-8-24)17-6-10-31-23-17/h1-2,6,10-11,14H,3-5,7-9,12H2,(H,22,27,30). The highest BCUT2D eigenvalue weighted by Gasteiger charge is 2.43. The van der Waals surface area contributed by atoms with E-state index in [1.54, 1.807) is 18.4 Å². The van der Waals surface area contributed by atoms with Crippen LogP contribution in [0.25, 0.3) is 0 Å². The van der Waals surface area contributed by atoms with Gasteiger partial charge in [-0.25, -0.2) is 9.80 Å². The molecule has 2 saturated heterocycles. The van der Waals surface area contributed by atoms with Crippen LogP contribution in [-0.2, 0) is 11.3 Å². The number of imide groups is 2. The normalized spacial score (nSPS) is 20.4. The molecule has 0 saturated carbocycles. The molecule has 10 nitrogen and oxygen atoms in total. The Hall–Kier alpha value is -3.53. The SMILES string of the molecule is O=C1CCN(N2C(=O)c3ccc(CN4CCC(c5ccon5)CC4)cc3C2=O)C(=O)N1. The Bertz CT molecular complexity index is 1060. The van der Waals surface area contributed by atoms with Gasteiger partial charge in [0.05, 0.1) is 23.4 Å². The number of nitrogens with one attached hydrogen (secondary N) is 1. The highest BCUT2D eigenvalue weighted by atomic mass is 16.5. The largest absolute Gasteiger partial charge is 0.365 e. The van der Waals surface area contributed by atoms with Crippen LogP contribution in [0.3, 0.4) is 0 Å². The number of fused-ring (bicyclic) bond motifs is 1. The van der Waals surface area contributed by atoms with Gasteiger partial charge in [0.15, 0.2) is 0 Å². The van der Waals surface area contributed by atoms with E-state index in [0.717, 1.165) is 47.2 Å². The molecular formula is C21H21N5O5. The summed E-state index contributed by atoms with van der Waals surface area (Å²) in [6.07, 6.45) is 3.59. The van der Waals surface area contributed by atoms with Gasteiger partial charge in [0.2, 0.25) is 5.91 Å². The molecule has 2 fully saturated rings. The smallest absolute Gasteiger partial charge is 0.343 e. The maximum absolute atomic E-state index is 12.9. The fourth-order valence-electron chi connectivity index (χ4n) is 4.42. The number of amides is 5. The number of urea groups is 1. The van der Waals surface area contributed by atoms with Crippen molar-refractivity contribution in [1.82, 2.24) is 25.4 Å². The van der Waals surface area contributed by atoms with Crippen LogP contribution in [0.15, 0.2) is 35.1 Å². The lowest BCUT2D eigenvalue weighted by Crippen LogP contribution is -2.58. The molecule has 3 aliphatic rings. The van der Waals surface area contributed by atoms with Gasteiger partial charge in [-0.15, -0.1) is 0 Å². The second-order valence-electron chi connectivity index (χ2n) is 8.00. The van der Waals surface area contributed by atoms with Crippen LogP contribution in [0, 0.1) is 0 Å². The summed E-state index contributed by atoms with van der Waals surface area (Å²) >= 11 is 0. The van der Waals surface area contributed by atoms with Crippen LogP contribution in [0.5, 0.6) is 0 Å². The van der Waals surface area contributed by atoms with Crippen LogP contribution < -0.4 is 5.32 Å². The average molecular weight is 423 g/mol. The first-order chi connectivity index (χ1) is 15.0. The van der Waals surface area contributed by atoms with Crippen molar-refractivity contribution >= 4 is 23.8 Å². The van der Waals surface area contributed by atoms with Crippen LogP contribution in [0.4, 0.5) is 4.79 Å². The summed E-state index contributed by atoms with van der Waals surface area (Å²) in [5, 5.41) is 8.01. The fourth-order valence-corrected chi connectivity index (χ4v) is 4.42. The summed E-state index contributed by atoms with van der Waals surface area (Å²) in [5.41, 5.74) is 2.47. The van der Waals surface area contributed by atoms with E-state index in [-0.39, 0.29) is 24.1 Å². The Morgan fingerprint density at radius 1 is 1.00 bits per heavy atom. The van der Waals surface area contributed by atoms with Gasteiger partial charge in [0.25, 0.3) is 11.8 Å². The topological polar surface area (TPSA) is 116 Å². The highest BCUT2D eigenvalue weighted by Crippen LogP contribution is 2.29. The van der Waals surface area contributed by atoms with Gasteiger partial charge in [-0.05, 0) is 43.6 Å². The Morgan fingerprint density at radius 2 is 1.77 bits per heavy atom. The van der Waals surface area contributed by atoms with Crippen molar-refractivity contribution < 1.29 is 23.7 Å². The molecule has 10 heteroatoms. The molecule has 31 heavy (non-hydrogen) atoms. The lowest BCUT2D eigenvalue weighted by atomic mass is 9.93. The fraction of sp³-hybridized carbons (Fsp3) is 0.381. The van der Waals surface area contributed by atoms with Gasteiger partial charge in [-0.1, -0.05) is 11.2 Å². The Labute approximate surface area is 177 Å². The minimum atomic E-state index is -0.763. The molecule has 2 aromatic rings. The van der Waals surface area contributed by atoms with E-state index >= 15 is 0 Å². The predicted octanol–water partition coefficient (Wildman–Crippen LogP) is 1.51. The van der Waals surface area contributed by atoms with Crippen LogP contribution in [0.1, 0.15) is 57.2 Å². The van der Waals surface area contributed by atoms with Gasteiger partial charge in [-0.3, -0.25) is 24.6 Å². The summed E-state index contributed by atoms with van der Waals surface area (Å²) in [6.45, 7) is 2.45. The molecule has 0 aliphatic carbocycles. The molecule has 1 aromatic carbocycles. The molecule has 0 radical (unpaired) electrons. The van der Waals surface area contributed by atoms with Crippen molar-refractivity contribution in [2.45, 2.75) is 31.7 Å². The van der Waals surface area contributed by atoms with Gasteiger partial charge in [0, 0.05) is 24.9 Å². The summed E-state index contributed by atoms with van der Waals surface area (Å²) in [7, 11) is 0. The quantitative estimate of drug-likeness (QED) is 0.741. The molecule has 160 valence electrons. The van der Waals surface area contributed by atoms with Crippen LogP contribution in [0.2, 0.25) is 0 Å². The number of hydrogen-bond acceptors (Lipinski definition) is 7. The number of carbonyl (C=O) groups excluding carboxylic acids is 4. The van der Waals surface area contributed by atoms with Gasteiger partial charge >= 0.3 is 6.03 Å². The first-order valence-electron chi connectivity index (χ1n) is 10.3. The third kappa shape index (κ3) is 3.48. The van der Waals surface area contributed by atoms with Crippen LogP contribution in [-0.4, -0.2) is 63.5 Å². The number of hydrogen-bond donors (Lipinski definition) is 1. The Morgan fingerprint density at radius 3 is 2.48 bits per heavy atom. The lowest BCUT2D eigenvalue weighted by molar-refractivity contribution is -0.122. The van der Waals surface area contributed by atoms with Crippen LogP contribution >= 0.6 is 0 Å². The number of rotatable bonds is 4. The maximum Gasteiger partial charge on any atom is 0.343 e. The minimum Gasteiger partial charge on any atom is -0.365 e. The van der Waals surface area contributed by atoms with E-state index in [0.29, 0.717) is 12.5 Å². The van der Waals surface area contributed by atoms with E-state index in [2.05, 4.69) is 15.4 Å². The van der Waals surface area contributed by atoms with Gasteiger partial charge < -0.3 is 4.52 Å². The third-order valence-corrected chi connectivity index (χ3v) is 6.07. The van der Waals surface area contributed by atoms with E-state index < -0.39 is 23.8 Å². The molecule has 5 rings (SSSR count). The summed E-state index contributed by atoms with van der Waals surface area (Å²) in [4.78, 5) is 51.5. The lowest BCUT2D eigenvalue weighted by Gasteiger charge is -2.32. The van der Waals surface area contributed by atoms with E-state index in [4.69, 9.17) is 4.52 Å². The molecular weight excluding hydrogens is 402 g/mol. The van der Waals surface area contributed by atoms with Gasteiger partial charge in [-0.2, -0.15) is 5.01 Å². The number of likely N-dealkylation sites (tertiary alicyclic amines) is 1. The number of nitrogens with zero attached hydrogens (tertiary/aromatic N) is 4. The first kappa shape index (κ1) is 19.4. The number of hydrazine groups is 1. The molecule has 0 unspecified atom stereocenters. The van der Waals surface area contributed by atoms with Crippen molar-refractivity contribution in [2.75, 3.05) is 19.6 Å². The van der Waals surface area contributed by atoms with Crippen molar-refractivity contribution in [3.8, 4) is 0 Å². The third-order valence-electron chi connectivity index (χ3n) is 6.07. The molecule has 0 spiro atoms. The monoisotopic (exact) mass is 423 g/mol. The Kier molecular flexibility index (Phi) is 4.78. The van der Waals surface area contributed by atoms with Gasteiger partial charge in [0.1, 0.15) is 6.26 Å².